The van der Waals surface area contributed by atoms with Gasteiger partial charge >= 0.3 is 0 Å². The summed E-state index contributed by atoms with van der Waals surface area (Å²) >= 11 is 7.37. The number of nitro benzene ring substituents is 1. The minimum atomic E-state index is -0.443. The molecule has 6 nitrogen and oxygen atoms in total. The SMILES string of the molecule is O=C(CSCc1ccc([N+](=O)[O-])cc1)N/N=C/c1ccccc1Cl. The van der Waals surface area contributed by atoms with Crippen LogP contribution in [0.25, 0.3) is 0 Å². The summed E-state index contributed by atoms with van der Waals surface area (Å²) in [5.41, 5.74) is 4.12. The monoisotopic (exact) mass is 363 g/mol. The molecular weight excluding hydrogens is 350 g/mol. The van der Waals surface area contributed by atoms with Crippen molar-refractivity contribution in [3.05, 3.63) is 74.8 Å². The van der Waals surface area contributed by atoms with Gasteiger partial charge in [0, 0.05) is 28.5 Å². The Labute approximate surface area is 148 Å². The predicted octanol–water partition coefficient (Wildman–Crippen LogP) is 3.63. The molecule has 124 valence electrons. The molecule has 0 aliphatic carbocycles. The van der Waals surface area contributed by atoms with E-state index in [1.165, 1.54) is 30.1 Å². The number of nitro groups is 1. The van der Waals surface area contributed by atoms with Gasteiger partial charge in [-0.1, -0.05) is 41.9 Å². The number of carbonyl (C=O) groups is 1. The number of non-ortho nitro benzene ring substituents is 1. The largest absolute Gasteiger partial charge is 0.272 e. The highest BCUT2D eigenvalue weighted by Gasteiger charge is 2.05. The first-order chi connectivity index (χ1) is 11.6. The zero-order valence-electron chi connectivity index (χ0n) is 12.5. The van der Waals surface area contributed by atoms with Crippen LogP contribution in [-0.2, 0) is 10.5 Å². The Balaban J connectivity index is 1.73. The number of amides is 1. The molecule has 0 saturated carbocycles. The molecule has 0 spiro atoms. The number of thioether (sulfide) groups is 1. The fourth-order valence-corrected chi connectivity index (χ4v) is 2.73. The summed E-state index contributed by atoms with van der Waals surface area (Å²) in [5.74, 6) is 0.585. The smallest absolute Gasteiger partial charge is 0.269 e. The van der Waals surface area contributed by atoms with Crippen LogP contribution < -0.4 is 5.43 Å². The maximum absolute atomic E-state index is 11.7. The summed E-state index contributed by atoms with van der Waals surface area (Å²) in [5, 5.41) is 15.0. The Kier molecular flexibility index (Phi) is 6.77. The zero-order valence-corrected chi connectivity index (χ0v) is 14.1. The van der Waals surface area contributed by atoms with Crippen molar-refractivity contribution in [2.45, 2.75) is 5.75 Å². The Morgan fingerprint density at radius 1 is 1.25 bits per heavy atom. The Morgan fingerprint density at radius 3 is 2.62 bits per heavy atom. The van der Waals surface area contributed by atoms with E-state index < -0.39 is 4.92 Å². The van der Waals surface area contributed by atoms with Gasteiger partial charge in [0.2, 0.25) is 5.91 Å². The molecule has 0 bridgehead atoms. The van der Waals surface area contributed by atoms with E-state index in [4.69, 9.17) is 11.6 Å². The van der Waals surface area contributed by atoms with Crippen molar-refractivity contribution in [1.82, 2.24) is 5.43 Å². The van der Waals surface area contributed by atoms with Crippen LogP contribution in [-0.4, -0.2) is 22.8 Å². The van der Waals surface area contributed by atoms with Crippen LogP contribution in [0.15, 0.2) is 53.6 Å². The van der Waals surface area contributed by atoms with E-state index in [9.17, 15) is 14.9 Å². The van der Waals surface area contributed by atoms with E-state index in [1.807, 2.05) is 12.1 Å². The summed E-state index contributed by atoms with van der Waals surface area (Å²) in [6.07, 6.45) is 1.49. The number of hydrogen-bond donors (Lipinski definition) is 1. The third kappa shape index (κ3) is 5.68. The molecule has 2 aromatic carbocycles. The Morgan fingerprint density at radius 2 is 1.96 bits per heavy atom. The van der Waals surface area contributed by atoms with Crippen LogP contribution in [0.5, 0.6) is 0 Å². The number of hydrogen-bond acceptors (Lipinski definition) is 5. The first-order valence-corrected chi connectivity index (χ1v) is 8.47. The van der Waals surface area contributed by atoms with Gasteiger partial charge in [0.1, 0.15) is 0 Å². The van der Waals surface area contributed by atoms with E-state index in [0.717, 1.165) is 11.1 Å². The number of carbonyl (C=O) groups excluding carboxylic acids is 1. The van der Waals surface area contributed by atoms with Gasteiger partial charge in [-0.25, -0.2) is 5.43 Å². The average molecular weight is 364 g/mol. The minimum Gasteiger partial charge on any atom is -0.272 e. The Hall–Kier alpha value is -2.38. The lowest BCUT2D eigenvalue weighted by molar-refractivity contribution is -0.384. The van der Waals surface area contributed by atoms with Crippen LogP contribution in [0.4, 0.5) is 5.69 Å². The van der Waals surface area contributed by atoms with Crippen molar-refractivity contribution in [3.63, 3.8) is 0 Å². The van der Waals surface area contributed by atoms with E-state index in [2.05, 4.69) is 10.5 Å². The summed E-state index contributed by atoms with van der Waals surface area (Å²) in [6.45, 7) is 0. The number of benzene rings is 2. The van der Waals surface area contributed by atoms with E-state index >= 15 is 0 Å². The molecule has 0 aliphatic rings. The third-order valence-corrected chi connectivity index (χ3v) is 4.30. The van der Waals surface area contributed by atoms with Gasteiger partial charge in [-0.2, -0.15) is 5.10 Å². The molecular formula is C16H14ClN3O3S. The van der Waals surface area contributed by atoms with Gasteiger partial charge in [0.15, 0.2) is 0 Å². The van der Waals surface area contributed by atoms with E-state index in [-0.39, 0.29) is 17.3 Å². The van der Waals surface area contributed by atoms with Crippen molar-refractivity contribution in [2.24, 2.45) is 5.10 Å². The highest BCUT2D eigenvalue weighted by atomic mass is 35.5. The van der Waals surface area contributed by atoms with Gasteiger partial charge in [0.25, 0.3) is 5.69 Å². The topological polar surface area (TPSA) is 84.6 Å². The molecule has 1 N–H and O–H groups in total. The highest BCUT2D eigenvalue weighted by Crippen LogP contribution is 2.16. The first kappa shape index (κ1) is 18.0. The molecule has 0 unspecified atom stereocenters. The minimum absolute atomic E-state index is 0.0513. The molecule has 24 heavy (non-hydrogen) atoms. The van der Waals surface area contributed by atoms with Crippen LogP contribution in [0.1, 0.15) is 11.1 Å². The van der Waals surface area contributed by atoms with Crippen molar-refractivity contribution in [2.75, 3.05) is 5.75 Å². The standard InChI is InChI=1S/C16H14ClN3O3S/c17-15-4-2-1-3-13(15)9-18-19-16(21)11-24-10-12-5-7-14(8-6-12)20(22)23/h1-9H,10-11H2,(H,19,21)/b18-9+. The van der Waals surface area contributed by atoms with Gasteiger partial charge in [0.05, 0.1) is 16.9 Å². The van der Waals surface area contributed by atoms with Gasteiger partial charge in [-0.15, -0.1) is 11.8 Å². The lowest BCUT2D eigenvalue weighted by Gasteiger charge is -2.02. The zero-order chi connectivity index (χ0) is 17.4. The van der Waals surface area contributed by atoms with Crippen molar-refractivity contribution < 1.29 is 9.72 Å². The summed E-state index contributed by atoms with van der Waals surface area (Å²) in [7, 11) is 0. The van der Waals surface area contributed by atoms with Crippen LogP contribution in [0.3, 0.4) is 0 Å². The molecule has 0 fully saturated rings. The first-order valence-electron chi connectivity index (χ1n) is 6.94. The molecule has 0 aromatic heterocycles. The quantitative estimate of drug-likeness (QED) is 0.462. The number of hydrazone groups is 1. The summed E-state index contributed by atoms with van der Waals surface area (Å²) < 4.78 is 0. The van der Waals surface area contributed by atoms with Crippen LogP contribution in [0, 0.1) is 10.1 Å². The fourth-order valence-electron chi connectivity index (χ4n) is 1.76. The van der Waals surface area contributed by atoms with Crippen LogP contribution in [0.2, 0.25) is 5.02 Å². The van der Waals surface area contributed by atoms with Gasteiger partial charge in [-0.3, -0.25) is 14.9 Å². The molecule has 0 heterocycles. The molecule has 0 radical (unpaired) electrons. The molecule has 0 aliphatic heterocycles. The molecule has 2 aromatic rings. The molecule has 0 atom stereocenters. The highest BCUT2D eigenvalue weighted by molar-refractivity contribution is 7.99. The second kappa shape index (κ2) is 9.05. The lowest BCUT2D eigenvalue weighted by atomic mass is 10.2. The van der Waals surface area contributed by atoms with Gasteiger partial charge in [-0.05, 0) is 11.6 Å². The number of halogens is 1. The number of rotatable bonds is 7. The Bertz CT molecular complexity index is 750. The third-order valence-electron chi connectivity index (χ3n) is 2.95. The molecule has 2 rings (SSSR count). The molecule has 0 saturated heterocycles. The maximum Gasteiger partial charge on any atom is 0.269 e. The maximum atomic E-state index is 11.7. The molecule has 8 heteroatoms. The van der Waals surface area contributed by atoms with Gasteiger partial charge < -0.3 is 0 Å². The fraction of sp³-hybridized carbons (Fsp3) is 0.125. The van der Waals surface area contributed by atoms with E-state index in [1.54, 1.807) is 24.3 Å². The van der Waals surface area contributed by atoms with Crippen molar-refractivity contribution in [3.8, 4) is 0 Å². The molecule has 1 amide bonds. The van der Waals surface area contributed by atoms with Crippen molar-refractivity contribution in [1.29, 1.82) is 0 Å². The van der Waals surface area contributed by atoms with Crippen molar-refractivity contribution >= 4 is 41.2 Å². The summed E-state index contributed by atoms with van der Waals surface area (Å²) in [4.78, 5) is 21.8. The predicted molar refractivity (Wildman–Crippen MR) is 96.4 cm³/mol. The second-order valence-electron chi connectivity index (χ2n) is 4.73. The van der Waals surface area contributed by atoms with E-state index in [0.29, 0.717) is 10.8 Å². The second-order valence-corrected chi connectivity index (χ2v) is 6.12. The normalized spacial score (nSPS) is 10.7. The lowest BCUT2D eigenvalue weighted by Crippen LogP contribution is -2.19. The summed E-state index contributed by atoms with van der Waals surface area (Å²) in [6, 6.07) is 13.4. The average Bonchev–Trinajstić information content (AvgIpc) is 2.57. The number of nitrogens with zero attached hydrogens (tertiary/aromatic N) is 2. The number of nitrogens with one attached hydrogen (secondary N) is 1. The van der Waals surface area contributed by atoms with Crippen LogP contribution >= 0.6 is 23.4 Å².